The van der Waals surface area contributed by atoms with E-state index in [0.717, 1.165) is 22.1 Å². The zero-order valence-corrected chi connectivity index (χ0v) is 22.5. The first-order valence-corrected chi connectivity index (χ1v) is 13.6. The minimum atomic E-state index is -0.267. The summed E-state index contributed by atoms with van der Waals surface area (Å²) < 4.78 is 3.22. The molecule has 1 aromatic heterocycles. The lowest BCUT2D eigenvalue weighted by atomic mass is 10.2. The Kier molecular flexibility index (Phi) is 9.50. The molecule has 0 aliphatic heterocycles. The van der Waals surface area contributed by atoms with E-state index in [1.807, 2.05) is 52.9 Å². The molecule has 3 rings (SSSR count). The fourth-order valence-electron chi connectivity index (χ4n) is 2.09. The van der Waals surface area contributed by atoms with E-state index in [-0.39, 0.29) is 17.4 Å². The fraction of sp³-hybridized carbons (Fsp3) is 0.111. The Balaban J connectivity index is 1.46. The van der Waals surface area contributed by atoms with Crippen LogP contribution in [0, 0.1) is 7.14 Å². The third-order valence-electron chi connectivity index (χ3n) is 3.47. The Bertz CT molecular complexity index is 1080. The number of aromatic hydroxyl groups is 1. The predicted octanol–water partition coefficient (Wildman–Crippen LogP) is 5.64. The maximum atomic E-state index is 12.0. The first-order chi connectivity index (χ1) is 14.4. The number of phenolic OH excluding ortho intramolecular Hbond substituents is 1. The summed E-state index contributed by atoms with van der Waals surface area (Å²) in [5, 5.41) is 22.9. The maximum Gasteiger partial charge on any atom is 0.250 e. The Morgan fingerprint density at radius 1 is 1.23 bits per heavy atom. The molecule has 2 aromatic carbocycles. The first-order valence-electron chi connectivity index (χ1n) is 8.25. The van der Waals surface area contributed by atoms with E-state index in [1.165, 1.54) is 29.3 Å². The summed E-state index contributed by atoms with van der Waals surface area (Å²) in [4.78, 5) is 12.0. The second-order valence-corrected chi connectivity index (χ2v) is 11.9. The molecule has 0 radical (unpaired) electrons. The van der Waals surface area contributed by atoms with E-state index in [0.29, 0.717) is 15.7 Å². The lowest BCUT2D eigenvalue weighted by Crippen LogP contribution is -2.19. The molecule has 12 heteroatoms. The van der Waals surface area contributed by atoms with Crippen LogP contribution in [0.1, 0.15) is 11.1 Å². The van der Waals surface area contributed by atoms with Crippen LogP contribution in [0.4, 0.5) is 0 Å². The van der Waals surface area contributed by atoms with Crippen molar-refractivity contribution < 1.29 is 9.90 Å². The van der Waals surface area contributed by atoms with Crippen molar-refractivity contribution in [1.82, 2.24) is 15.6 Å². The zero-order valence-electron chi connectivity index (χ0n) is 15.0. The number of halogens is 3. The van der Waals surface area contributed by atoms with Crippen LogP contribution in [0.2, 0.25) is 5.02 Å². The maximum absolute atomic E-state index is 12.0. The van der Waals surface area contributed by atoms with Crippen LogP contribution in [0.5, 0.6) is 5.75 Å². The number of hydrogen-bond donors (Lipinski definition) is 2. The van der Waals surface area contributed by atoms with Gasteiger partial charge < -0.3 is 5.11 Å². The average molecular weight is 703 g/mol. The van der Waals surface area contributed by atoms with Crippen molar-refractivity contribution in [3.05, 3.63) is 59.7 Å². The molecule has 3 aromatic rings. The van der Waals surface area contributed by atoms with Gasteiger partial charge in [-0.1, -0.05) is 64.7 Å². The largest absolute Gasteiger partial charge is 0.506 e. The quantitative estimate of drug-likeness (QED) is 0.137. The van der Waals surface area contributed by atoms with Crippen LogP contribution in [-0.2, 0) is 10.5 Å². The lowest BCUT2D eigenvalue weighted by molar-refractivity contribution is -0.118. The van der Waals surface area contributed by atoms with Gasteiger partial charge in [0.15, 0.2) is 8.68 Å². The van der Waals surface area contributed by atoms with Gasteiger partial charge in [-0.3, -0.25) is 4.79 Å². The Labute approximate surface area is 217 Å². The summed E-state index contributed by atoms with van der Waals surface area (Å²) in [5.74, 6) is 0.741. The number of hydrazone groups is 1. The fourth-order valence-corrected chi connectivity index (χ4v) is 7.07. The Hall–Kier alpha value is -0.610. The van der Waals surface area contributed by atoms with Gasteiger partial charge in [0.05, 0.1) is 15.5 Å². The molecule has 156 valence electrons. The van der Waals surface area contributed by atoms with Crippen molar-refractivity contribution >= 4 is 104 Å². The van der Waals surface area contributed by atoms with Crippen molar-refractivity contribution in [2.24, 2.45) is 5.10 Å². The summed E-state index contributed by atoms with van der Waals surface area (Å²) in [5.41, 5.74) is 4.04. The van der Waals surface area contributed by atoms with E-state index in [2.05, 4.69) is 43.3 Å². The molecule has 0 bridgehead atoms. The molecule has 1 heterocycles. The van der Waals surface area contributed by atoms with Crippen LogP contribution < -0.4 is 5.43 Å². The smallest absolute Gasteiger partial charge is 0.250 e. The van der Waals surface area contributed by atoms with Crippen LogP contribution in [0.15, 0.2) is 50.2 Å². The molecule has 6 nitrogen and oxygen atoms in total. The van der Waals surface area contributed by atoms with Gasteiger partial charge in [0.2, 0.25) is 0 Å². The van der Waals surface area contributed by atoms with Gasteiger partial charge in [0.1, 0.15) is 5.75 Å². The molecule has 1 amide bonds. The number of rotatable bonds is 8. The summed E-state index contributed by atoms with van der Waals surface area (Å²) in [6, 6.07) is 11.3. The molecule has 0 saturated carbocycles. The van der Waals surface area contributed by atoms with Gasteiger partial charge in [0.25, 0.3) is 5.91 Å². The normalized spacial score (nSPS) is 11.2. The Morgan fingerprint density at radius 2 is 1.97 bits per heavy atom. The number of phenols is 1. The third-order valence-corrected chi connectivity index (χ3v) is 8.53. The van der Waals surface area contributed by atoms with Crippen LogP contribution in [-0.4, -0.2) is 33.2 Å². The molecule has 0 saturated heterocycles. The van der Waals surface area contributed by atoms with Crippen LogP contribution in [0.3, 0.4) is 0 Å². The van der Waals surface area contributed by atoms with Crippen molar-refractivity contribution in [2.75, 3.05) is 5.75 Å². The molecule has 0 spiro atoms. The van der Waals surface area contributed by atoms with E-state index in [4.69, 9.17) is 11.6 Å². The monoisotopic (exact) mass is 702 g/mol. The van der Waals surface area contributed by atoms with E-state index >= 15 is 0 Å². The number of carbonyl (C=O) groups is 1. The van der Waals surface area contributed by atoms with Gasteiger partial charge in [-0.25, -0.2) is 5.43 Å². The van der Waals surface area contributed by atoms with Gasteiger partial charge in [0, 0.05) is 19.9 Å². The van der Waals surface area contributed by atoms with E-state index < -0.39 is 0 Å². The molecule has 0 fully saturated rings. The average Bonchev–Trinajstić information content (AvgIpc) is 3.17. The molecule has 2 N–H and O–H groups in total. The second-order valence-electron chi connectivity index (χ2n) is 5.62. The highest BCUT2D eigenvalue weighted by Crippen LogP contribution is 2.32. The Morgan fingerprint density at radius 3 is 2.73 bits per heavy atom. The number of amides is 1. The first kappa shape index (κ1) is 24.0. The van der Waals surface area contributed by atoms with Crippen molar-refractivity contribution in [1.29, 1.82) is 0 Å². The van der Waals surface area contributed by atoms with Crippen LogP contribution in [0.25, 0.3) is 0 Å². The molecule has 0 aliphatic carbocycles. The van der Waals surface area contributed by atoms with Gasteiger partial charge in [-0.15, -0.1) is 10.2 Å². The second kappa shape index (κ2) is 11.9. The summed E-state index contributed by atoms with van der Waals surface area (Å²) in [6.07, 6.45) is 1.43. The molecule has 0 aliphatic rings. The number of thioether (sulfide) groups is 2. The van der Waals surface area contributed by atoms with Crippen molar-refractivity contribution in [2.45, 2.75) is 14.4 Å². The summed E-state index contributed by atoms with van der Waals surface area (Å²) >= 11 is 14.7. The highest BCUT2D eigenvalue weighted by molar-refractivity contribution is 14.1. The van der Waals surface area contributed by atoms with Gasteiger partial charge in [-0.05, 0) is 68.9 Å². The van der Waals surface area contributed by atoms with E-state index in [1.54, 1.807) is 17.8 Å². The highest BCUT2D eigenvalue weighted by Gasteiger charge is 2.10. The van der Waals surface area contributed by atoms with E-state index in [9.17, 15) is 9.90 Å². The topological polar surface area (TPSA) is 87.5 Å². The third kappa shape index (κ3) is 7.22. The molecule has 0 unspecified atom stereocenters. The minimum Gasteiger partial charge on any atom is -0.506 e. The molecular formula is C18H13ClI2N4O2S3. The van der Waals surface area contributed by atoms with Gasteiger partial charge in [-0.2, -0.15) is 5.10 Å². The molecule has 0 atom stereocenters. The zero-order chi connectivity index (χ0) is 21.5. The number of benzene rings is 2. The number of nitrogens with zero attached hydrogens (tertiary/aromatic N) is 3. The highest BCUT2D eigenvalue weighted by atomic mass is 127. The number of hydrogen-bond acceptors (Lipinski definition) is 8. The summed E-state index contributed by atoms with van der Waals surface area (Å²) in [6.45, 7) is 0. The minimum absolute atomic E-state index is 0.138. The van der Waals surface area contributed by atoms with Crippen molar-refractivity contribution in [3.63, 3.8) is 0 Å². The predicted molar refractivity (Wildman–Crippen MR) is 141 cm³/mol. The summed E-state index contributed by atoms with van der Waals surface area (Å²) in [7, 11) is 0. The molecular weight excluding hydrogens is 690 g/mol. The lowest BCUT2D eigenvalue weighted by Gasteiger charge is -2.03. The number of nitrogens with one attached hydrogen (secondary N) is 1. The number of aromatic nitrogens is 2. The van der Waals surface area contributed by atoms with Crippen molar-refractivity contribution in [3.8, 4) is 5.75 Å². The number of carbonyl (C=O) groups excluding carboxylic acids is 1. The standard InChI is InChI=1S/C18H13ClI2N4O2S3/c19-13-4-2-1-3-10(13)8-28-17-24-25-18(30-17)29-9-15(26)23-22-7-11-5-12(20)6-14(21)16(11)27/h1-7,27H,8-9H2,(H,23,26). The molecule has 30 heavy (non-hydrogen) atoms. The van der Waals surface area contributed by atoms with Crippen LogP contribution >= 0.6 is 91.6 Å². The SMILES string of the molecule is O=C(CSc1nnc(SCc2ccccc2Cl)s1)NN=Cc1cc(I)cc(I)c1O. The van der Waals surface area contributed by atoms with Gasteiger partial charge >= 0.3 is 0 Å².